The predicted molar refractivity (Wildman–Crippen MR) is 100 cm³/mol. The summed E-state index contributed by atoms with van der Waals surface area (Å²) < 4.78 is 7.20. The van der Waals surface area contributed by atoms with Gasteiger partial charge in [0.25, 0.3) is 5.91 Å². The maximum absolute atomic E-state index is 12.4. The topological polar surface area (TPSA) is 68.5 Å². The molecule has 4 aromatic rings. The summed E-state index contributed by atoms with van der Waals surface area (Å²) in [4.78, 5) is 22.0. The number of nitrogens with one attached hydrogen (secondary N) is 1. The smallest absolute Gasteiger partial charge is 0.253 e. The van der Waals surface area contributed by atoms with Gasteiger partial charge in [-0.1, -0.05) is 12.1 Å². The van der Waals surface area contributed by atoms with Crippen molar-refractivity contribution in [1.29, 1.82) is 0 Å². The third-order valence-electron chi connectivity index (χ3n) is 3.97. The molecule has 0 atom stereocenters. The van der Waals surface area contributed by atoms with Gasteiger partial charge in [0.2, 0.25) is 0 Å². The third kappa shape index (κ3) is 3.16. The van der Waals surface area contributed by atoms with Crippen molar-refractivity contribution in [1.82, 2.24) is 19.7 Å². The highest BCUT2D eigenvalue weighted by molar-refractivity contribution is 7.15. The second kappa shape index (κ2) is 6.97. The molecule has 6 nitrogen and oxygen atoms in total. The minimum atomic E-state index is -0.132. The molecule has 3 aromatic heterocycles. The number of imidazole rings is 1. The van der Waals surface area contributed by atoms with Gasteiger partial charge in [0.05, 0.1) is 24.8 Å². The van der Waals surface area contributed by atoms with Gasteiger partial charge in [-0.2, -0.15) is 0 Å². The molecule has 4 rings (SSSR count). The number of hydrogen-bond donors (Lipinski definition) is 1. The Morgan fingerprint density at radius 2 is 2.12 bits per heavy atom. The van der Waals surface area contributed by atoms with Crippen LogP contribution in [0.25, 0.3) is 16.2 Å². The second-order valence-corrected chi connectivity index (χ2v) is 6.74. The second-order valence-electron chi connectivity index (χ2n) is 5.63. The molecule has 0 radical (unpaired) electrons. The minimum absolute atomic E-state index is 0.132. The van der Waals surface area contributed by atoms with Crippen molar-refractivity contribution in [3.63, 3.8) is 0 Å². The van der Waals surface area contributed by atoms with Crippen molar-refractivity contribution >= 4 is 22.9 Å². The Morgan fingerprint density at radius 1 is 1.23 bits per heavy atom. The number of aromatic nitrogens is 3. The third-order valence-corrected chi connectivity index (χ3v) is 5.00. The summed E-state index contributed by atoms with van der Waals surface area (Å²) in [7, 11) is 1.64. The lowest BCUT2D eigenvalue weighted by Gasteiger charge is -2.05. The molecule has 0 saturated heterocycles. The molecule has 0 fully saturated rings. The first-order chi connectivity index (χ1) is 12.7. The highest BCUT2D eigenvalue weighted by atomic mass is 32.1. The first kappa shape index (κ1) is 16.3. The molecule has 1 amide bonds. The van der Waals surface area contributed by atoms with Crippen molar-refractivity contribution in [3.05, 3.63) is 71.6 Å². The van der Waals surface area contributed by atoms with E-state index >= 15 is 0 Å². The molecule has 1 N–H and O–H groups in total. The molecule has 1 aromatic carbocycles. The zero-order valence-electron chi connectivity index (χ0n) is 14.0. The molecule has 0 aliphatic heterocycles. The van der Waals surface area contributed by atoms with Crippen LogP contribution in [0.1, 0.15) is 15.2 Å². The van der Waals surface area contributed by atoms with Crippen LogP contribution in [0.3, 0.4) is 0 Å². The monoisotopic (exact) mass is 364 g/mol. The Balaban J connectivity index is 1.46. The van der Waals surface area contributed by atoms with Crippen LogP contribution in [0.5, 0.6) is 5.75 Å². The number of pyridine rings is 1. The standard InChI is InChI=1S/C19H16N4O2S/c1-25-16-5-3-2-4-15(16)19-22-11-14(26-19)10-21-18(24)13-6-7-17-20-8-9-23(17)12-13/h2-9,11-12H,10H2,1H3,(H,21,24). The molecule has 0 bridgehead atoms. The van der Waals surface area contributed by atoms with Gasteiger partial charge in [-0.15, -0.1) is 11.3 Å². The van der Waals surface area contributed by atoms with Gasteiger partial charge in [-0.3, -0.25) is 4.79 Å². The minimum Gasteiger partial charge on any atom is -0.496 e. The van der Waals surface area contributed by atoms with E-state index in [0.717, 1.165) is 26.8 Å². The SMILES string of the molecule is COc1ccccc1-c1ncc(CNC(=O)c2ccc3nccn3c2)s1. The summed E-state index contributed by atoms with van der Waals surface area (Å²) in [5.41, 5.74) is 2.35. The van der Waals surface area contributed by atoms with Crippen LogP contribution in [0.15, 0.2) is 61.2 Å². The molecule has 130 valence electrons. The fraction of sp³-hybridized carbons (Fsp3) is 0.105. The Bertz CT molecular complexity index is 1070. The highest BCUT2D eigenvalue weighted by Crippen LogP contribution is 2.32. The van der Waals surface area contributed by atoms with E-state index in [1.165, 1.54) is 11.3 Å². The molecule has 0 spiro atoms. The Kier molecular flexibility index (Phi) is 4.37. The number of hydrogen-bond acceptors (Lipinski definition) is 5. The molecule has 0 unspecified atom stereocenters. The number of fused-ring (bicyclic) bond motifs is 1. The normalized spacial score (nSPS) is 10.8. The average Bonchev–Trinajstić information content (AvgIpc) is 3.34. The van der Waals surface area contributed by atoms with Gasteiger partial charge in [-0.05, 0) is 24.3 Å². The molecular weight excluding hydrogens is 348 g/mol. The maximum atomic E-state index is 12.4. The lowest BCUT2D eigenvalue weighted by molar-refractivity contribution is 0.0951. The van der Waals surface area contributed by atoms with E-state index in [2.05, 4.69) is 15.3 Å². The van der Waals surface area contributed by atoms with E-state index in [1.54, 1.807) is 31.8 Å². The van der Waals surface area contributed by atoms with Gasteiger partial charge < -0.3 is 14.5 Å². The number of carbonyl (C=O) groups excluding carboxylic acids is 1. The largest absolute Gasteiger partial charge is 0.496 e. The van der Waals surface area contributed by atoms with Gasteiger partial charge in [0, 0.05) is 29.7 Å². The Morgan fingerprint density at radius 3 is 3.00 bits per heavy atom. The summed E-state index contributed by atoms with van der Waals surface area (Å²) in [5.74, 6) is 0.652. The lowest BCUT2D eigenvalue weighted by atomic mass is 10.2. The fourth-order valence-electron chi connectivity index (χ4n) is 2.66. The number of methoxy groups -OCH3 is 1. The van der Waals surface area contributed by atoms with Crippen LogP contribution in [-0.2, 0) is 6.54 Å². The van der Waals surface area contributed by atoms with Crippen LogP contribution in [0, 0.1) is 0 Å². The van der Waals surface area contributed by atoms with E-state index < -0.39 is 0 Å². The lowest BCUT2D eigenvalue weighted by Crippen LogP contribution is -2.22. The van der Waals surface area contributed by atoms with Crippen molar-refractivity contribution < 1.29 is 9.53 Å². The number of nitrogens with zero attached hydrogens (tertiary/aromatic N) is 3. The molecule has 7 heteroatoms. The molecule has 0 aliphatic carbocycles. The van der Waals surface area contributed by atoms with Crippen molar-refractivity contribution in [2.45, 2.75) is 6.54 Å². The van der Waals surface area contributed by atoms with Crippen LogP contribution in [0.4, 0.5) is 0 Å². The molecule has 3 heterocycles. The van der Waals surface area contributed by atoms with Crippen LogP contribution in [-0.4, -0.2) is 27.4 Å². The number of amides is 1. The zero-order valence-corrected chi connectivity index (χ0v) is 14.9. The summed E-state index contributed by atoms with van der Waals surface area (Å²) in [6.45, 7) is 0.424. The average molecular weight is 364 g/mol. The van der Waals surface area contributed by atoms with Crippen LogP contribution < -0.4 is 10.1 Å². The number of ether oxygens (including phenoxy) is 1. The maximum Gasteiger partial charge on any atom is 0.253 e. The predicted octanol–water partition coefficient (Wildman–Crippen LogP) is 3.40. The number of para-hydroxylation sites is 1. The van der Waals surface area contributed by atoms with E-state index in [1.807, 2.05) is 40.9 Å². The van der Waals surface area contributed by atoms with Crippen molar-refractivity contribution in [2.24, 2.45) is 0 Å². The number of thiazole rings is 1. The number of carbonyl (C=O) groups is 1. The van der Waals surface area contributed by atoms with Gasteiger partial charge >= 0.3 is 0 Å². The zero-order chi connectivity index (χ0) is 17.9. The van der Waals surface area contributed by atoms with Gasteiger partial charge in [0.1, 0.15) is 16.4 Å². The number of benzene rings is 1. The Labute approximate surface area is 154 Å². The van der Waals surface area contributed by atoms with Crippen LogP contribution >= 0.6 is 11.3 Å². The van der Waals surface area contributed by atoms with Crippen LogP contribution in [0.2, 0.25) is 0 Å². The van der Waals surface area contributed by atoms with E-state index in [-0.39, 0.29) is 5.91 Å². The first-order valence-corrected chi connectivity index (χ1v) is 8.85. The molecule has 0 aliphatic rings. The van der Waals surface area contributed by atoms with Gasteiger partial charge in [0.15, 0.2) is 0 Å². The van der Waals surface area contributed by atoms with Crippen molar-refractivity contribution in [2.75, 3.05) is 7.11 Å². The van der Waals surface area contributed by atoms with Gasteiger partial charge in [-0.25, -0.2) is 9.97 Å². The first-order valence-electron chi connectivity index (χ1n) is 8.03. The summed E-state index contributed by atoms with van der Waals surface area (Å²) in [6.07, 6.45) is 7.07. The van der Waals surface area contributed by atoms with E-state index in [9.17, 15) is 4.79 Å². The summed E-state index contributed by atoms with van der Waals surface area (Å²) in [6, 6.07) is 11.3. The quantitative estimate of drug-likeness (QED) is 0.589. The Hall–Kier alpha value is -3.19. The molecule has 0 saturated carbocycles. The molecule has 26 heavy (non-hydrogen) atoms. The highest BCUT2D eigenvalue weighted by Gasteiger charge is 2.11. The van der Waals surface area contributed by atoms with Crippen molar-refractivity contribution in [3.8, 4) is 16.3 Å². The molecular formula is C19H16N4O2S. The van der Waals surface area contributed by atoms with E-state index in [0.29, 0.717) is 12.1 Å². The summed E-state index contributed by atoms with van der Waals surface area (Å²) in [5, 5.41) is 3.80. The summed E-state index contributed by atoms with van der Waals surface area (Å²) >= 11 is 1.54. The fourth-order valence-corrected chi connectivity index (χ4v) is 3.54. The number of rotatable bonds is 5. The van der Waals surface area contributed by atoms with E-state index in [4.69, 9.17) is 4.74 Å².